The summed E-state index contributed by atoms with van der Waals surface area (Å²) in [6.07, 6.45) is 1.44. The lowest BCUT2D eigenvalue weighted by Crippen LogP contribution is -2.41. The van der Waals surface area contributed by atoms with E-state index in [9.17, 15) is 14.4 Å². The molecule has 0 saturated heterocycles. The molecular weight excluding hydrogens is 364 g/mol. The lowest BCUT2D eigenvalue weighted by atomic mass is 10.0. The van der Waals surface area contributed by atoms with Crippen LogP contribution in [0.2, 0.25) is 0 Å². The van der Waals surface area contributed by atoms with Crippen molar-refractivity contribution >= 4 is 17.8 Å². The summed E-state index contributed by atoms with van der Waals surface area (Å²) in [6, 6.07) is 8.40. The first-order valence-corrected chi connectivity index (χ1v) is 9.30. The monoisotopic (exact) mass is 394 g/mol. The summed E-state index contributed by atoms with van der Waals surface area (Å²) in [7, 11) is 3.12. The van der Waals surface area contributed by atoms with Crippen molar-refractivity contribution in [2.75, 3.05) is 14.2 Å². The molecule has 0 unspecified atom stereocenters. The molecule has 0 saturated carbocycles. The number of carbonyl (C=O) groups excluding carboxylic acids is 3. The van der Waals surface area contributed by atoms with Gasteiger partial charge in [-0.3, -0.25) is 9.59 Å². The fourth-order valence-electron chi connectivity index (χ4n) is 2.62. The van der Waals surface area contributed by atoms with Crippen LogP contribution in [0.25, 0.3) is 0 Å². The van der Waals surface area contributed by atoms with Crippen molar-refractivity contribution in [3.63, 3.8) is 0 Å². The van der Waals surface area contributed by atoms with E-state index < -0.39 is 18.0 Å². The molecule has 2 amide bonds. The van der Waals surface area contributed by atoms with Gasteiger partial charge in [-0.1, -0.05) is 30.3 Å². The van der Waals surface area contributed by atoms with Crippen molar-refractivity contribution in [1.82, 2.24) is 5.32 Å². The molecule has 8 nitrogen and oxygen atoms in total. The fourth-order valence-corrected chi connectivity index (χ4v) is 2.62. The number of rotatable bonds is 14. The van der Waals surface area contributed by atoms with Gasteiger partial charge in [-0.15, -0.1) is 0 Å². The largest absolute Gasteiger partial charge is 0.445 e. The zero-order chi connectivity index (χ0) is 20.8. The number of ketones is 1. The number of Topliss-reactive ketones (excluding diaryl/α,β-unsaturated/α-hetero) is 1. The van der Waals surface area contributed by atoms with Crippen LogP contribution in [-0.4, -0.2) is 44.3 Å². The number of carbonyl (C=O) groups is 3. The minimum atomic E-state index is -0.809. The highest BCUT2D eigenvalue weighted by molar-refractivity contribution is 5.88. The van der Waals surface area contributed by atoms with Crippen LogP contribution in [-0.2, 0) is 30.4 Å². The van der Waals surface area contributed by atoms with E-state index in [1.165, 1.54) is 0 Å². The first-order chi connectivity index (χ1) is 13.5. The smallest absolute Gasteiger partial charge is 0.408 e. The Balaban J connectivity index is 2.47. The molecule has 0 heterocycles. The standard InChI is InChI=1S/C20H30N2O6/c1-26-19(27-2)11-7-6-10-17(23)16(12-13-18(21)24)22-20(25)28-14-15-8-4-3-5-9-15/h3-5,8-9,16,19H,6-7,10-14H2,1-2H3,(H2,21,24)(H,22,25)/t16-/m0/s1. The molecule has 8 heteroatoms. The average Bonchev–Trinajstić information content (AvgIpc) is 2.70. The Bertz CT molecular complexity index is 604. The second-order valence-electron chi connectivity index (χ2n) is 6.38. The molecule has 0 radical (unpaired) electrons. The molecule has 1 rings (SSSR count). The van der Waals surface area contributed by atoms with Gasteiger partial charge in [0, 0.05) is 27.1 Å². The van der Waals surface area contributed by atoms with Gasteiger partial charge in [-0.05, 0) is 31.2 Å². The quantitative estimate of drug-likeness (QED) is 0.369. The second-order valence-corrected chi connectivity index (χ2v) is 6.38. The van der Waals surface area contributed by atoms with Crippen LogP contribution in [0.1, 0.15) is 44.1 Å². The number of amides is 2. The Kier molecular flexibility index (Phi) is 11.5. The number of nitrogens with two attached hydrogens (primary N) is 1. The number of primary amides is 1. The van der Waals surface area contributed by atoms with Crippen molar-refractivity contribution in [1.29, 1.82) is 0 Å². The summed E-state index contributed by atoms with van der Waals surface area (Å²) in [5.74, 6) is -0.690. The molecular formula is C20H30N2O6. The molecule has 0 aromatic heterocycles. The van der Waals surface area contributed by atoms with Gasteiger partial charge >= 0.3 is 6.09 Å². The van der Waals surface area contributed by atoms with Crippen LogP contribution >= 0.6 is 0 Å². The third kappa shape index (κ3) is 10.0. The van der Waals surface area contributed by atoms with Gasteiger partial charge in [-0.25, -0.2) is 4.79 Å². The van der Waals surface area contributed by atoms with Gasteiger partial charge in [0.2, 0.25) is 5.91 Å². The van der Waals surface area contributed by atoms with E-state index in [2.05, 4.69) is 5.32 Å². The number of alkyl carbamates (subject to hydrolysis) is 1. The van der Waals surface area contributed by atoms with Crippen LogP contribution in [0.15, 0.2) is 30.3 Å². The molecule has 0 aliphatic carbocycles. The third-order valence-electron chi connectivity index (χ3n) is 4.21. The predicted octanol–water partition coefficient (Wildman–Crippen LogP) is 2.30. The van der Waals surface area contributed by atoms with Crippen LogP contribution in [0.3, 0.4) is 0 Å². The van der Waals surface area contributed by atoms with Crippen LogP contribution in [0.4, 0.5) is 4.79 Å². The zero-order valence-electron chi connectivity index (χ0n) is 16.5. The molecule has 0 bridgehead atoms. The van der Waals surface area contributed by atoms with Gasteiger partial charge in [0.05, 0.1) is 6.04 Å². The predicted molar refractivity (Wildman–Crippen MR) is 103 cm³/mol. The average molecular weight is 394 g/mol. The number of hydrogen-bond donors (Lipinski definition) is 2. The van der Waals surface area contributed by atoms with Gasteiger partial charge < -0.3 is 25.3 Å². The summed E-state index contributed by atoms with van der Waals surface area (Å²) in [5, 5.41) is 2.55. The molecule has 0 fully saturated rings. The third-order valence-corrected chi connectivity index (χ3v) is 4.21. The maximum absolute atomic E-state index is 12.5. The van der Waals surface area contributed by atoms with E-state index in [4.69, 9.17) is 19.9 Å². The second kappa shape index (κ2) is 13.7. The number of methoxy groups -OCH3 is 2. The van der Waals surface area contributed by atoms with Gasteiger partial charge in [0.15, 0.2) is 12.1 Å². The van der Waals surface area contributed by atoms with E-state index in [0.717, 1.165) is 12.0 Å². The molecule has 0 aliphatic heterocycles. The van der Waals surface area contributed by atoms with Gasteiger partial charge in [-0.2, -0.15) is 0 Å². The summed E-state index contributed by atoms with van der Waals surface area (Å²) in [6.45, 7) is 0.0961. The molecule has 1 atom stereocenters. The SMILES string of the molecule is COC(CCCCC(=O)[C@H](CCC(N)=O)NC(=O)OCc1ccccc1)OC. The van der Waals surface area contributed by atoms with E-state index in [-0.39, 0.29) is 37.9 Å². The van der Waals surface area contributed by atoms with Crippen LogP contribution in [0.5, 0.6) is 0 Å². The van der Waals surface area contributed by atoms with Gasteiger partial charge in [0.25, 0.3) is 0 Å². The van der Waals surface area contributed by atoms with Crippen molar-refractivity contribution < 1.29 is 28.6 Å². The maximum Gasteiger partial charge on any atom is 0.408 e. The van der Waals surface area contributed by atoms with Crippen LogP contribution in [0, 0.1) is 0 Å². The van der Waals surface area contributed by atoms with Crippen LogP contribution < -0.4 is 11.1 Å². The lowest BCUT2D eigenvalue weighted by molar-refractivity contribution is -0.122. The Morgan fingerprint density at radius 2 is 1.68 bits per heavy atom. The van der Waals surface area contributed by atoms with E-state index in [1.54, 1.807) is 14.2 Å². The lowest BCUT2D eigenvalue weighted by Gasteiger charge is -2.17. The minimum Gasteiger partial charge on any atom is -0.445 e. The highest BCUT2D eigenvalue weighted by Gasteiger charge is 2.22. The summed E-state index contributed by atoms with van der Waals surface area (Å²) >= 11 is 0. The normalized spacial score (nSPS) is 11.8. The Hall–Kier alpha value is -2.45. The highest BCUT2D eigenvalue weighted by Crippen LogP contribution is 2.10. The summed E-state index contributed by atoms with van der Waals surface area (Å²) in [4.78, 5) is 35.6. The molecule has 28 heavy (non-hydrogen) atoms. The number of benzene rings is 1. The molecule has 1 aromatic carbocycles. The molecule has 3 N–H and O–H groups in total. The molecule has 1 aromatic rings. The number of unbranched alkanes of at least 4 members (excludes halogenated alkanes) is 1. The summed E-state index contributed by atoms with van der Waals surface area (Å²) in [5.41, 5.74) is 6.01. The topological polar surface area (TPSA) is 117 Å². The highest BCUT2D eigenvalue weighted by atomic mass is 16.7. The number of nitrogens with one attached hydrogen (secondary N) is 1. The first kappa shape index (κ1) is 23.6. The Morgan fingerprint density at radius 3 is 2.29 bits per heavy atom. The zero-order valence-corrected chi connectivity index (χ0v) is 16.5. The molecule has 156 valence electrons. The van der Waals surface area contributed by atoms with Crippen molar-refractivity contribution in [3.8, 4) is 0 Å². The van der Waals surface area contributed by atoms with Crippen molar-refractivity contribution in [2.45, 2.75) is 57.5 Å². The number of ether oxygens (including phenoxy) is 3. The number of hydrogen-bond acceptors (Lipinski definition) is 6. The van der Waals surface area contributed by atoms with E-state index in [1.807, 2.05) is 30.3 Å². The van der Waals surface area contributed by atoms with Gasteiger partial charge in [0.1, 0.15) is 6.61 Å². The minimum absolute atomic E-state index is 0.00476. The fraction of sp³-hybridized carbons (Fsp3) is 0.550. The Morgan fingerprint density at radius 1 is 1.00 bits per heavy atom. The summed E-state index contributed by atoms with van der Waals surface area (Å²) < 4.78 is 15.4. The molecule has 0 spiro atoms. The Labute approximate surface area is 165 Å². The maximum atomic E-state index is 12.5. The van der Waals surface area contributed by atoms with Crippen molar-refractivity contribution in [3.05, 3.63) is 35.9 Å². The van der Waals surface area contributed by atoms with E-state index in [0.29, 0.717) is 12.8 Å². The van der Waals surface area contributed by atoms with E-state index >= 15 is 0 Å². The molecule has 0 aliphatic rings. The van der Waals surface area contributed by atoms with Crippen molar-refractivity contribution in [2.24, 2.45) is 5.73 Å². The first-order valence-electron chi connectivity index (χ1n) is 9.30.